The predicted molar refractivity (Wildman–Crippen MR) is 40.3 cm³/mol. The highest BCUT2D eigenvalue weighted by molar-refractivity contribution is 5.65. The largest absolute Gasteiger partial charge is 0.342 e. The molecule has 0 aliphatic rings. The van der Waals surface area contributed by atoms with E-state index < -0.39 is 5.97 Å². The quantitative estimate of drug-likeness (QED) is 0.451. The first-order valence-electron chi connectivity index (χ1n) is 3.32. The second-order valence-corrected chi connectivity index (χ2v) is 1.85. The second kappa shape index (κ2) is 5.88. The van der Waals surface area contributed by atoms with Gasteiger partial charge in [-0.15, -0.1) is 0 Å². The molecule has 0 rings (SSSR count). The Kier molecular flexibility index (Phi) is 5.42. The van der Waals surface area contributed by atoms with E-state index in [9.17, 15) is 4.79 Å². The fourth-order valence-corrected chi connectivity index (χ4v) is 0.484. The summed E-state index contributed by atoms with van der Waals surface area (Å²) in [6.45, 7) is 3.63. The first-order chi connectivity index (χ1) is 5.20. The third-order valence-corrected chi connectivity index (χ3v) is 0.924. The molecule has 0 amide bonds. The summed E-state index contributed by atoms with van der Waals surface area (Å²) in [6, 6.07) is 0. The van der Waals surface area contributed by atoms with Crippen LogP contribution in [0.15, 0.2) is 12.2 Å². The van der Waals surface area contributed by atoms with Gasteiger partial charge in [0.1, 0.15) is 0 Å². The second-order valence-electron chi connectivity index (χ2n) is 1.85. The average molecular weight is 159 g/mol. The number of carbonyl (C=O) groups excluding carboxylic acids is 1. The van der Waals surface area contributed by atoms with Crippen LogP contribution >= 0.6 is 0 Å². The van der Waals surface area contributed by atoms with Gasteiger partial charge in [0.2, 0.25) is 0 Å². The van der Waals surface area contributed by atoms with Crippen molar-refractivity contribution < 1.29 is 14.5 Å². The van der Waals surface area contributed by atoms with Crippen LogP contribution in [0.25, 0.3) is 0 Å². The van der Waals surface area contributed by atoms with Crippen LogP contribution in [0.3, 0.4) is 0 Å². The molecule has 0 aliphatic carbocycles. The van der Waals surface area contributed by atoms with Crippen LogP contribution in [-0.4, -0.2) is 24.9 Å². The summed E-state index contributed by atoms with van der Waals surface area (Å²) in [5.74, 6) is -0.392. The molecule has 0 aromatic rings. The van der Waals surface area contributed by atoms with E-state index in [2.05, 4.69) is 4.84 Å². The van der Waals surface area contributed by atoms with Crippen LogP contribution < -0.4 is 0 Å². The number of hydrogen-bond donors (Lipinski definition) is 0. The maximum Gasteiger partial charge on any atom is 0.325 e. The number of carbonyl (C=O) groups is 1. The Morgan fingerprint density at radius 2 is 2.27 bits per heavy atom. The Morgan fingerprint density at radius 3 is 2.64 bits per heavy atom. The third kappa shape index (κ3) is 5.57. The van der Waals surface area contributed by atoms with Crippen molar-refractivity contribution in [3.63, 3.8) is 0 Å². The molecule has 0 aromatic heterocycles. The minimum atomic E-state index is -0.392. The van der Waals surface area contributed by atoms with Crippen LogP contribution in [0.2, 0.25) is 0 Å². The van der Waals surface area contributed by atoms with Crippen molar-refractivity contribution in [2.75, 3.05) is 13.7 Å². The summed E-state index contributed by atoms with van der Waals surface area (Å²) in [4.78, 5) is 19.7. The van der Waals surface area contributed by atoms with Gasteiger partial charge in [0.15, 0.2) is 0 Å². The van der Waals surface area contributed by atoms with Gasteiger partial charge in [0, 0.05) is 6.92 Å². The molecule has 64 valence electrons. The Bertz CT molecular complexity index is 145. The van der Waals surface area contributed by atoms with Gasteiger partial charge in [-0.3, -0.25) is 9.63 Å². The summed E-state index contributed by atoms with van der Waals surface area (Å²) in [5.41, 5.74) is 0. The normalized spacial score (nSPS) is 10.9. The van der Waals surface area contributed by atoms with Gasteiger partial charge in [0.25, 0.3) is 0 Å². The van der Waals surface area contributed by atoms with E-state index in [1.807, 2.05) is 19.1 Å². The molecule has 0 fully saturated rings. The topological polar surface area (TPSA) is 38.8 Å². The van der Waals surface area contributed by atoms with Crippen molar-refractivity contribution in [1.82, 2.24) is 5.23 Å². The molecular weight excluding hydrogens is 146 g/mol. The SMILES string of the molecule is CC=CCN(OC)OC(C)=O. The van der Waals surface area contributed by atoms with Gasteiger partial charge in [0.05, 0.1) is 13.7 Å². The number of rotatable bonds is 4. The van der Waals surface area contributed by atoms with E-state index in [4.69, 9.17) is 4.84 Å². The Labute approximate surface area is 66.3 Å². The first-order valence-corrected chi connectivity index (χ1v) is 3.32. The third-order valence-electron chi connectivity index (χ3n) is 0.924. The lowest BCUT2D eigenvalue weighted by atomic mass is 10.5. The molecule has 0 saturated carbocycles. The average Bonchev–Trinajstić information content (AvgIpc) is 1.97. The Balaban J connectivity index is 3.66. The lowest BCUT2D eigenvalue weighted by Gasteiger charge is -2.14. The summed E-state index contributed by atoms with van der Waals surface area (Å²) >= 11 is 0. The van der Waals surface area contributed by atoms with E-state index in [0.29, 0.717) is 6.54 Å². The number of hydrogen-bond acceptors (Lipinski definition) is 4. The smallest absolute Gasteiger partial charge is 0.325 e. The van der Waals surface area contributed by atoms with Gasteiger partial charge in [-0.2, -0.15) is 0 Å². The van der Waals surface area contributed by atoms with Gasteiger partial charge in [-0.25, -0.2) is 0 Å². The molecule has 11 heavy (non-hydrogen) atoms. The molecule has 0 bridgehead atoms. The lowest BCUT2D eigenvalue weighted by Crippen LogP contribution is -2.25. The molecule has 0 atom stereocenters. The standard InChI is InChI=1S/C7H13NO3/c1-4-5-6-8(10-3)11-7(2)9/h4-5H,6H2,1-3H3. The molecule has 0 saturated heterocycles. The molecule has 0 spiro atoms. The molecule has 4 nitrogen and oxygen atoms in total. The first kappa shape index (κ1) is 10.1. The van der Waals surface area contributed by atoms with Crippen LogP contribution in [-0.2, 0) is 14.5 Å². The molecule has 0 aromatic carbocycles. The van der Waals surface area contributed by atoms with Gasteiger partial charge >= 0.3 is 5.97 Å². The zero-order chi connectivity index (χ0) is 8.69. The molecule has 0 unspecified atom stereocenters. The summed E-state index contributed by atoms with van der Waals surface area (Å²) < 4.78 is 0. The van der Waals surface area contributed by atoms with Crippen molar-refractivity contribution in [2.45, 2.75) is 13.8 Å². The van der Waals surface area contributed by atoms with Crippen molar-refractivity contribution >= 4 is 5.97 Å². The molecule has 4 heteroatoms. The molecule has 0 radical (unpaired) electrons. The van der Waals surface area contributed by atoms with Crippen LogP contribution in [0.1, 0.15) is 13.8 Å². The van der Waals surface area contributed by atoms with Gasteiger partial charge in [-0.05, 0) is 12.2 Å². The fourth-order valence-electron chi connectivity index (χ4n) is 0.484. The van der Waals surface area contributed by atoms with E-state index in [1.165, 1.54) is 14.0 Å². The van der Waals surface area contributed by atoms with E-state index in [-0.39, 0.29) is 0 Å². The highest BCUT2D eigenvalue weighted by Gasteiger charge is 2.03. The fraction of sp³-hybridized carbons (Fsp3) is 0.571. The van der Waals surface area contributed by atoms with Crippen LogP contribution in [0.4, 0.5) is 0 Å². The number of nitrogens with zero attached hydrogens (tertiary/aromatic N) is 1. The highest BCUT2D eigenvalue weighted by Crippen LogP contribution is 1.91. The van der Waals surface area contributed by atoms with Crippen molar-refractivity contribution in [1.29, 1.82) is 0 Å². The van der Waals surface area contributed by atoms with E-state index in [0.717, 1.165) is 5.23 Å². The summed E-state index contributed by atoms with van der Waals surface area (Å²) in [5, 5.41) is 1.10. The molecule has 0 N–H and O–H groups in total. The number of allylic oxidation sites excluding steroid dienone is 1. The van der Waals surface area contributed by atoms with Crippen LogP contribution in [0.5, 0.6) is 0 Å². The number of hydroxylamine groups is 2. The molecule has 0 heterocycles. The maximum absolute atomic E-state index is 10.4. The molecular formula is C7H13NO3. The molecule has 0 aliphatic heterocycles. The van der Waals surface area contributed by atoms with Crippen molar-refractivity contribution in [2.24, 2.45) is 0 Å². The minimum Gasteiger partial charge on any atom is -0.342 e. The van der Waals surface area contributed by atoms with E-state index in [1.54, 1.807) is 0 Å². The van der Waals surface area contributed by atoms with Crippen LogP contribution in [0, 0.1) is 0 Å². The predicted octanol–water partition coefficient (Wildman–Crippen LogP) is 0.904. The van der Waals surface area contributed by atoms with Crippen molar-refractivity contribution in [3.8, 4) is 0 Å². The zero-order valence-electron chi connectivity index (χ0n) is 7.03. The lowest BCUT2D eigenvalue weighted by molar-refractivity contribution is -0.326. The zero-order valence-corrected chi connectivity index (χ0v) is 7.03. The van der Waals surface area contributed by atoms with Gasteiger partial charge in [-0.1, -0.05) is 12.2 Å². The van der Waals surface area contributed by atoms with E-state index >= 15 is 0 Å². The Morgan fingerprint density at radius 1 is 1.64 bits per heavy atom. The minimum absolute atomic E-state index is 0.392. The summed E-state index contributed by atoms with van der Waals surface area (Å²) in [6.07, 6.45) is 3.65. The maximum atomic E-state index is 10.4. The van der Waals surface area contributed by atoms with Gasteiger partial charge < -0.3 is 4.84 Å². The Hall–Kier alpha value is -0.870. The summed E-state index contributed by atoms with van der Waals surface area (Å²) in [7, 11) is 1.44. The monoisotopic (exact) mass is 159 g/mol. The highest BCUT2D eigenvalue weighted by atomic mass is 17.0. The van der Waals surface area contributed by atoms with Crippen molar-refractivity contribution in [3.05, 3.63) is 12.2 Å².